The minimum Gasteiger partial charge on any atom is -0.387 e. The highest BCUT2D eigenvalue weighted by atomic mass is 35.5. The number of nitrogens with zero attached hydrogens (tertiary/aromatic N) is 2. The van der Waals surface area contributed by atoms with Crippen LogP contribution in [0.1, 0.15) is 18.6 Å². The molecule has 1 fully saturated rings. The van der Waals surface area contributed by atoms with Gasteiger partial charge in [-0.1, -0.05) is 30.3 Å². The van der Waals surface area contributed by atoms with Crippen LogP contribution in [-0.2, 0) is 4.79 Å². The van der Waals surface area contributed by atoms with Crippen molar-refractivity contribution in [2.75, 3.05) is 32.7 Å². The lowest BCUT2D eigenvalue weighted by Crippen LogP contribution is -2.53. The zero-order chi connectivity index (χ0) is 14.5. The van der Waals surface area contributed by atoms with Crippen molar-refractivity contribution >= 4 is 30.7 Å². The first-order valence-electron chi connectivity index (χ1n) is 7.07. The second-order valence-corrected chi connectivity index (χ2v) is 5.34. The minimum absolute atomic E-state index is 0. The molecule has 0 aliphatic carbocycles. The first-order chi connectivity index (χ1) is 9.58. The van der Waals surface area contributed by atoms with Crippen LogP contribution in [0.25, 0.3) is 0 Å². The summed E-state index contributed by atoms with van der Waals surface area (Å²) in [6, 6.07) is 9.22. The third-order valence-corrected chi connectivity index (χ3v) is 3.69. The summed E-state index contributed by atoms with van der Waals surface area (Å²) < 4.78 is 0. The number of nitrogens with two attached hydrogens (primary N) is 1. The van der Waals surface area contributed by atoms with Gasteiger partial charge in [0.15, 0.2) is 0 Å². The van der Waals surface area contributed by atoms with E-state index < -0.39 is 12.1 Å². The van der Waals surface area contributed by atoms with Crippen molar-refractivity contribution in [3.63, 3.8) is 0 Å². The van der Waals surface area contributed by atoms with Crippen LogP contribution in [-0.4, -0.2) is 59.6 Å². The lowest BCUT2D eigenvalue weighted by atomic mass is 10.1. The van der Waals surface area contributed by atoms with Gasteiger partial charge in [-0.05, 0) is 12.5 Å². The Kier molecular flexibility index (Phi) is 9.64. The summed E-state index contributed by atoms with van der Waals surface area (Å²) in [5.41, 5.74) is 6.55. The summed E-state index contributed by atoms with van der Waals surface area (Å²) >= 11 is 0. The second-order valence-electron chi connectivity index (χ2n) is 5.34. The Labute approximate surface area is 144 Å². The van der Waals surface area contributed by atoms with E-state index in [2.05, 4.69) is 4.90 Å². The quantitative estimate of drug-likeness (QED) is 0.852. The van der Waals surface area contributed by atoms with E-state index in [9.17, 15) is 9.90 Å². The number of β-amino-alcohol motifs (C(OH)–C–C–N with tert-alkyl or cyclic N) is 1. The highest BCUT2D eigenvalue weighted by Crippen LogP contribution is 2.15. The van der Waals surface area contributed by atoms with Crippen LogP contribution in [0.2, 0.25) is 0 Å². The molecule has 0 spiro atoms. The van der Waals surface area contributed by atoms with Gasteiger partial charge in [0.05, 0.1) is 12.1 Å². The number of carbonyl (C=O) groups excluding carboxylic acids is 1. The van der Waals surface area contributed by atoms with Crippen molar-refractivity contribution in [2.45, 2.75) is 19.1 Å². The highest BCUT2D eigenvalue weighted by Gasteiger charge is 2.24. The number of carbonyl (C=O) groups is 1. The summed E-state index contributed by atoms with van der Waals surface area (Å²) in [5.74, 6) is 0.00765. The zero-order valence-electron chi connectivity index (χ0n) is 12.7. The summed E-state index contributed by atoms with van der Waals surface area (Å²) in [7, 11) is 0. The fraction of sp³-hybridized carbons (Fsp3) is 0.533. The minimum atomic E-state index is -0.480. The maximum atomic E-state index is 11.8. The van der Waals surface area contributed by atoms with Gasteiger partial charge in [0, 0.05) is 32.7 Å². The maximum Gasteiger partial charge on any atom is 0.239 e. The average Bonchev–Trinajstić information content (AvgIpc) is 2.48. The molecule has 1 aromatic rings. The summed E-state index contributed by atoms with van der Waals surface area (Å²) in [6.45, 7) is 5.24. The number of aliphatic hydroxyl groups is 1. The van der Waals surface area contributed by atoms with Gasteiger partial charge in [0.25, 0.3) is 0 Å². The van der Waals surface area contributed by atoms with Crippen LogP contribution in [0.4, 0.5) is 0 Å². The van der Waals surface area contributed by atoms with Crippen LogP contribution in [0.5, 0.6) is 0 Å². The molecule has 1 saturated heterocycles. The van der Waals surface area contributed by atoms with Gasteiger partial charge in [-0.15, -0.1) is 24.8 Å². The van der Waals surface area contributed by atoms with Crippen molar-refractivity contribution in [2.24, 2.45) is 5.73 Å². The van der Waals surface area contributed by atoms with Crippen molar-refractivity contribution in [1.82, 2.24) is 9.80 Å². The van der Waals surface area contributed by atoms with E-state index in [1.807, 2.05) is 30.3 Å². The Bertz CT molecular complexity index is 438. The smallest absolute Gasteiger partial charge is 0.239 e. The maximum absolute atomic E-state index is 11.8. The van der Waals surface area contributed by atoms with Gasteiger partial charge in [-0.2, -0.15) is 0 Å². The van der Waals surface area contributed by atoms with Gasteiger partial charge in [0.2, 0.25) is 5.91 Å². The molecule has 0 radical (unpaired) electrons. The number of aliphatic hydroxyl groups excluding tert-OH is 1. The van der Waals surface area contributed by atoms with Crippen LogP contribution < -0.4 is 5.73 Å². The van der Waals surface area contributed by atoms with E-state index in [4.69, 9.17) is 5.73 Å². The second kappa shape index (κ2) is 10.0. The lowest BCUT2D eigenvalue weighted by Gasteiger charge is -2.36. The Morgan fingerprint density at radius 2 is 1.73 bits per heavy atom. The molecule has 1 aromatic carbocycles. The van der Waals surface area contributed by atoms with Crippen LogP contribution in [0.15, 0.2) is 30.3 Å². The number of rotatable bonds is 4. The average molecular weight is 350 g/mol. The van der Waals surface area contributed by atoms with Crippen LogP contribution in [0.3, 0.4) is 0 Å². The Morgan fingerprint density at radius 1 is 1.18 bits per heavy atom. The van der Waals surface area contributed by atoms with Crippen LogP contribution >= 0.6 is 24.8 Å². The molecule has 0 bridgehead atoms. The van der Waals surface area contributed by atoms with E-state index >= 15 is 0 Å². The third kappa shape index (κ3) is 5.74. The third-order valence-electron chi connectivity index (χ3n) is 3.69. The molecule has 22 heavy (non-hydrogen) atoms. The molecule has 126 valence electrons. The summed E-state index contributed by atoms with van der Waals surface area (Å²) in [6.07, 6.45) is -0.480. The van der Waals surface area contributed by atoms with Crippen molar-refractivity contribution in [3.05, 3.63) is 35.9 Å². The number of piperazine rings is 1. The van der Waals surface area contributed by atoms with Crippen molar-refractivity contribution in [3.8, 4) is 0 Å². The largest absolute Gasteiger partial charge is 0.387 e. The molecule has 2 atom stereocenters. The molecule has 0 aromatic heterocycles. The van der Waals surface area contributed by atoms with Gasteiger partial charge >= 0.3 is 0 Å². The molecule has 1 aliphatic rings. The molecule has 5 nitrogen and oxygen atoms in total. The number of halogens is 2. The molecule has 3 N–H and O–H groups in total. The molecule has 2 rings (SSSR count). The lowest BCUT2D eigenvalue weighted by molar-refractivity contribution is -0.134. The van der Waals surface area contributed by atoms with Crippen molar-refractivity contribution in [1.29, 1.82) is 0 Å². The standard InChI is InChI=1S/C15H23N3O2.2ClH/c1-12(16)15(20)18-9-7-17(8-10-18)11-14(19)13-5-3-2-4-6-13;;/h2-6,12,14,19H,7-11,16H2,1H3;2*1H. The Morgan fingerprint density at radius 3 is 2.23 bits per heavy atom. The Hall–Kier alpha value is -0.850. The molecule has 0 saturated carbocycles. The topological polar surface area (TPSA) is 69.8 Å². The van der Waals surface area contributed by atoms with E-state index in [1.165, 1.54) is 0 Å². The fourth-order valence-electron chi connectivity index (χ4n) is 2.46. The molecule has 1 amide bonds. The normalized spacial score (nSPS) is 17.9. The molecule has 7 heteroatoms. The van der Waals surface area contributed by atoms with Crippen molar-refractivity contribution < 1.29 is 9.90 Å². The number of amides is 1. The van der Waals surface area contributed by atoms with Gasteiger partial charge in [-0.25, -0.2) is 0 Å². The van der Waals surface area contributed by atoms with Crippen LogP contribution in [0, 0.1) is 0 Å². The predicted molar refractivity (Wildman–Crippen MR) is 92.6 cm³/mol. The molecular weight excluding hydrogens is 325 g/mol. The molecular formula is C15H25Cl2N3O2. The molecule has 1 aliphatic heterocycles. The number of hydrogen-bond acceptors (Lipinski definition) is 4. The van der Waals surface area contributed by atoms with Gasteiger partial charge < -0.3 is 15.7 Å². The van der Waals surface area contributed by atoms with E-state index in [0.717, 1.165) is 18.7 Å². The first-order valence-corrected chi connectivity index (χ1v) is 7.07. The van der Waals surface area contributed by atoms with E-state index in [1.54, 1.807) is 11.8 Å². The zero-order valence-corrected chi connectivity index (χ0v) is 14.4. The predicted octanol–water partition coefficient (Wildman–Crippen LogP) is 1.06. The highest BCUT2D eigenvalue weighted by molar-refractivity contribution is 5.85. The van der Waals surface area contributed by atoms with E-state index in [0.29, 0.717) is 19.6 Å². The summed E-state index contributed by atoms with van der Waals surface area (Å²) in [4.78, 5) is 15.8. The monoisotopic (exact) mass is 349 g/mol. The molecule has 2 unspecified atom stereocenters. The van der Waals surface area contributed by atoms with Gasteiger partial charge in [-0.3, -0.25) is 9.69 Å². The summed E-state index contributed by atoms with van der Waals surface area (Å²) in [5, 5.41) is 10.2. The Balaban J connectivity index is 0.00000220. The fourth-order valence-corrected chi connectivity index (χ4v) is 2.46. The number of hydrogen-bond donors (Lipinski definition) is 2. The van der Waals surface area contributed by atoms with E-state index in [-0.39, 0.29) is 30.7 Å². The molecule has 1 heterocycles. The number of benzene rings is 1. The SMILES string of the molecule is CC(N)C(=O)N1CCN(CC(O)c2ccccc2)CC1.Cl.Cl. The first kappa shape index (κ1) is 21.1. The van der Waals surface area contributed by atoms with Gasteiger partial charge in [0.1, 0.15) is 0 Å².